The summed E-state index contributed by atoms with van der Waals surface area (Å²) in [6, 6.07) is 0. The Hall–Kier alpha value is -1.94. The average molecular weight is 1370 g/mol. The fraction of sp³-hybridized carbons (Fsp3) is 0.946. The van der Waals surface area contributed by atoms with Gasteiger partial charge in [0.15, 0.2) is 12.2 Å². The Morgan fingerprint density at radius 2 is 0.548 bits per heavy atom. The first-order valence-electron chi connectivity index (χ1n) is 38.5. The average Bonchev–Trinajstić information content (AvgIpc) is 2.44. The molecule has 17 nitrogen and oxygen atoms in total. The minimum Gasteiger partial charge on any atom is -0.462 e. The third kappa shape index (κ3) is 67.0. The van der Waals surface area contributed by atoms with Crippen molar-refractivity contribution < 1.29 is 80.2 Å². The van der Waals surface area contributed by atoms with Crippen LogP contribution >= 0.6 is 15.6 Å². The number of phosphoric ester groups is 2. The van der Waals surface area contributed by atoms with Gasteiger partial charge in [-0.05, 0) is 37.5 Å². The maximum Gasteiger partial charge on any atom is 0.472 e. The normalized spacial score (nSPS) is 14.3. The highest BCUT2D eigenvalue weighted by atomic mass is 31.2. The number of ether oxygens (including phenoxy) is 4. The van der Waals surface area contributed by atoms with Gasteiger partial charge in [0.25, 0.3) is 0 Å². The van der Waals surface area contributed by atoms with Gasteiger partial charge >= 0.3 is 39.5 Å². The Morgan fingerprint density at radius 3 is 0.817 bits per heavy atom. The Labute approximate surface area is 568 Å². The van der Waals surface area contributed by atoms with E-state index in [2.05, 4.69) is 41.5 Å². The summed E-state index contributed by atoms with van der Waals surface area (Å²) >= 11 is 0. The smallest absolute Gasteiger partial charge is 0.462 e. The maximum absolute atomic E-state index is 13.1. The van der Waals surface area contributed by atoms with Gasteiger partial charge in [-0.3, -0.25) is 37.3 Å². The third-order valence-electron chi connectivity index (χ3n) is 17.6. The molecule has 0 amide bonds. The molecule has 19 heteroatoms. The van der Waals surface area contributed by atoms with E-state index in [4.69, 9.17) is 37.0 Å². The van der Waals surface area contributed by atoms with E-state index in [1.165, 1.54) is 193 Å². The van der Waals surface area contributed by atoms with Crippen LogP contribution in [0.15, 0.2) is 0 Å². The number of carbonyl (C=O) groups excluding carboxylic acids is 4. The summed E-state index contributed by atoms with van der Waals surface area (Å²) < 4.78 is 68.5. The third-order valence-corrected chi connectivity index (χ3v) is 19.5. The minimum absolute atomic E-state index is 0.106. The summed E-state index contributed by atoms with van der Waals surface area (Å²) in [4.78, 5) is 72.7. The molecule has 0 spiro atoms. The van der Waals surface area contributed by atoms with Crippen LogP contribution in [0.4, 0.5) is 0 Å². The van der Waals surface area contributed by atoms with Crippen molar-refractivity contribution in [1.82, 2.24) is 0 Å². The number of aliphatic hydroxyl groups excluding tert-OH is 1. The summed E-state index contributed by atoms with van der Waals surface area (Å²) in [7, 11) is -9.91. The molecular weight excluding hydrogens is 1220 g/mol. The molecule has 0 radical (unpaired) electrons. The van der Waals surface area contributed by atoms with Gasteiger partial charge in [-0.2, -0.15) is 0 Å². The van der Waals surface area contributed by atoms with Crippen LogP contribution in [0.1, 0.15) is 382 Å². The summed E-state index contributed by atoms with van der Waals surface area (Å²) in [5.41, 5.74) is 0. The van der Waals surface area contributed by atoms with E-state index in [-0.39, 0.29) is 25.7 Å². The number of rotatable bonds is 73. The van der Waals surface area contributed by atoms with Crippen LogP contribution in [-0.2, 0) is 65.4 Å². The molecular formula is C74H144O17P2. The second kappa shape index (κ2) is 66.0. The molecule has 3 unspecified atom stereocenters. The molecule has 0 aliphatic rings. The number of aliphatic hydroxyl groups is 1. The van der Waals surface area contributed by atoms with E-state index in [9.17, 15) is 43.2 Å². The van der Waals surface area contributed by atoms with Crippen molar-refractivity contribution in [2.75, 3.05) is 39.6 Å². The fourth-order valence-corrected chi connectivity index (χ4v) is 12.8. The molecule has 3 N–H and O–H groups in total. The van der Waals surface area contributed by atoms with Crippen LogP contribution in [0.5, 0.6) is 0 Å². The first kappa shape index (κ1) is 91.1. The topological polar surface area (TPSA) is 237 Å². The van der Waals surface area contributed by atoms with Crippen molar-refractivity contribution in [1.29, 1.82) is 0 Å². The number of unbranched alkanes of at least 4 members (excludes halogenated alkanes) is 42. The molecule has 0 fully saturated rings. The molecule has 0 aliphatic heterocycles. The Morgan fingerprint density at radius 1 is 0.312 bits per heavy atom. The van der Waals surface area contributed by atoms with Crippen LogP contribution in [0.3, 0.4) is 0 Å². The minimum atomic E-state index is -4.96. The molecule has 0 aromatic heterocycles. The quantitative estimate of drug-likeness (QED) is 0.0222. The Bertz CT molecular complexity index is 1810. The molecule has 0 aromatic rings. The van der Waals surface area contributed by atoms with E-state index in [1.807, 2.05) is 0 Å². The number of carbonyl (C=O) groups is 4. The van der Waals surface area contributed by atoms with Crippen LogP contribution in [0, 0.1) is 11.8 Å². The van der Waals surface area contributed by atoms with Gasteiger partial charge in [0.05, 0.1) is 26.4 Å². The van der Waals surface area contributed by atoms with Gasteiger partial charge in [0, 0.05) is 25.7 Å². The SMILES string of the molecule is CCCCCCCCCCCCCCCCCCC(=O)O[C@H](COC(=O)CCCCCCCCCCCCCCC(C)C)COP(=O)(O)OC[C@@H](O)COP(=O)(O)OC[C@@H](COC(=O)CCCCCCCCC(C)CC)OC(=O)CCCCCCCCCCCCCC. The molecule has 93 heavy (non-hydrogen) atoms. The highest BCUT2D eigenvalue weighted by Crippen LogP contribution is 2.45. The molecule has 0 aliphatic carbocycles. The summed E-state index contributed by atoms with van der Waals surface area (Å²) in [5.74, 6) is -0.604. The molecule has 6 atom stereocenters. The van der Waals surface area contributed by atoms with Crippen molar-refractivity contribution in [2.45, 2.75) is 400 Å². The van der Waals surface area contributed by atoms with Gasteiger partial charge in [0.1, 0.15) is 19.3 Å². The van der Waals surface area contributed by atoms with Gasteiger partial charge in [-0.25, -0.2) is 9.13 Å². The van der Waals surface area contributed by atoms with Crippen LogP contribution in [0.25, 0.3) is 0 Å². The lowest BCUT2D eigenvalue weighted by atomic mass is 10.00. The zero-order chi connectivity index (χ0) is 68.6. The first-order valence-corrected chi connectivity index (χ1v) is 41.5. The van der Waals surface area contributed by atoms with Crippen molar-refractivity contribution in [3.05, 3.63) is 0 Å². The zero-order valence-corrected chi connectivity index (χ0v) is 62.3. The molecule has 0 saturated heterocycles. The lowest BCUT2D eigenvalue weighted by Gasteiger charge is -2.21. The van der Waals surface area contributed by atoms with Crippen molar-refractivity contribution >= 4 is 39.5 Å². The number of phosphoric acid groups is 2. The number of esters is 4. The second-order valence-corrected chi connectivity index (χ2v) is 30.3. The van der Waals surface area contributed by atoms with Gasteiger partial charge in [0.2, 0.25) is 0 Å². The van der Waals surface area contributed by atoms with E-state index >= 15 is 0 Å². The molecule has 0 saturated carbocycles. The first-order chi connectivity index (χ1) is 44.9. The summed E-state index contributed by atoms with van der Waals surface area (Å²) in [6.07, 6.45) is 52.6. The van der Waals surface area contributed by atoms with Crippen LogP contribution in [0.2, 0.25) is 0 Å². The van der Waals surface area contributed by atoms with Crippen molar-refractivity contribution in [3.8, 4) is 0 Å². The molecule has 0 bridgehead atoms. The fourth-order valence-electron chi connectivity index (χ4n) is 11.3. The van der Waals surface area contributed by atoms with Crippen LogP contribution < -0.4 is 0 Å². The van der Waals surface area contributed by atoms with E-state index in [0.29, 0.717) is 25.7 Å². The monoisotopic (exact) mass is 1370 g/mol. The zero-order valence-electron chi connectivity index (χ0n) is 60.6. The lowest BCUT2D eigenvalue weighted by Crippen LogP contribution is -2.30. The van der Waals surface area contributed by atoms with Crippen molar-refractivity contribution in [3.63, 3.8) is 0 Å². The molecule has 0 heterocycles. The molecule has 0 aromatic carbocycles. The van der Waals surface area contributed by atoms with Crippen LogP contribution in [-0.4, -0.2) is 96.7 Å². The predicted octanol–water partition coefficient (Wildman–Crippen LogP) is 21.6. The highest BCUT2D eigenvalue weighted by Gasteiger charge is 2.30. The predicted molar refractivity (Wildman–Crippen MR) is 377 cm³/mol. The second-order valence-electron chi connectivity index (χ2n) is 27.4. The van der Waals surface area contributed by atoms with E-state index in [0.717, 1.165) is 108 Å². The largest absolute Gasteiger partial charge is 0.472 e. The Balaban J connectivity index is 5.25. The number of hydrogen-bond acceptors (Lipinski definition) is 15. The lowest BCUT2D eigenvalue weighted by molar-refractivity contribution is -0.161. The maximum atomic E-state index is 13.1. The summed E-state index contributed by atoms with van der Waals surface area (Å²) in [5, 5.41) is 10.6. The molecule has 552 valence electrons. The van der Waals surface area contributed by atoms with Crippen molar-refractivity contribution in [2.24, 2.45) is 11.8 Å². The van der Waals surface area contributed by atoms with Gasteiger partial charge < -0.3 is 33.8 Å². The van der Waals surface area contributed by atoms with Gasteiger partial charge in [-0.1, -0.05) is 330 Å². The highest BCUT2D eigenvalue weighted by molar-refractivity contribution is 7.47. The molecule has 0 rings (SSSR count). The van der Waals surface area contributed by atoms with Gasteiger partial charge in [-0.15, -0.1) is 0 Å². The standard InChI is InChI=1S/C74H144O17P2/c1-7-10-12-14-16-18-20-22-23-24-25-31-35-39-47-53-59-74(79)90-69(62-84-71(76)56-50-44-37-33-30-27-26-28-32-36-42-48-54-66(4)5)64-88-92(80,81)86-60-68(75)61-87-93(82,83)89-65-70(63-85-72(77)57-51-45-41-40-43-49-55-67(6)9-3)91-73(78)58-52-46-38-34-29-21-19-17-15-13-11-8-2/h66-70,75H,7-65H2,1-6H3,(H,80,81)(H,82,83)/t67?,68-,69-,70-/m1/s1. The number of hydrogen-bond donors (Lipinski definition) is 3. The van der Waals surface area contributed by atoms with E-state index in [1.54, 1.807) is 0 Å². The van der Waals surface area contributed by atoms with E-state index < -0.39 is 97.5 Å². The Kier molecular flexibility index (Phi) is 64.6. The summed E-state index contributed by atoms with van der Waals surface area (Å²) in [6.45, 7) is 9.56.